The molecule has 4 aromatic rings. The van der Waals surface area contributed by atoms with Gasteiger partial charge in [-0.05, 0) is 62.2 Å². The Balaban J connectivity index is 1.34. The number of amides is 2. The molecule has 9 heteroatoms. The number of piperazine rings is 1. The van der Waals surface area contributed by atoms with Gasteiger partial charge >= 0.3 is 6.03 Å². The first kappa shape index (κ1) is 24.5. The minimum Gasteiger partial charge on any atom is -0.351 e. The second-order valence-corrected chi connectivity index (χ2v) is 11.1. The Bertz CT molecular complexity index is 1410. The van der Waals surface area contributed by atoms with Gasteiger partial charge in [-0.2, -0.15) is 0 Å². The number of thiophene rings is 1. The molecule has 186 valence electrons. The van der Waals surface area contributed by atoms with Crippen LogP contribution in [0.15, 0.2) is 60.9 Å². The molecule has 1 unspecified atom stereocenters. The summed E-state index contributed by atoms with van der Waals surface area (Å²) < 4.78 is 14.4. The van der Waals surface area contributed by atoms with Crippen LogP contribution >= 0.6 is 22.9 Å². The van der Waals surface area contributed by atoms with Crippen molar-refractivity contribution in [3.8, 4) is 10.4 Å². The molecule has 1 fully saturated rings. The van der Waals surface area contributed by atoms with Crippen molar-refractivity contribution in [1.29, 1.82) is 0 Å². The Hall–Kier alpha value is -3.23. The largest absolute Gasteiger partial charge is 0.351 e. The van der Waals surface area contributed by atoms with Crippen LogP contribution in [0.25, 0.3) is 20.7 Å². The van der Waals surface area contributed by atoms with Crippen LogP contribution in [0.4, 0.5) is 15.0 Å². The maximum absolute atomic E-state index is 13.4. The van der Waals surface area contributed by atoms with Gasteiger partial charge in [0.15, 0.2) is 0 Å². The van der Waals surface area contributed by atoms with E-state index in [1.165, 1.54) is 12.1 Å². The van der Waals surface area contributed by atoms with Crippen molar-refractivity contribution in [3.05, 3.63) is 77.3 Å². The summed E-state index contributed by atoms with van der Waals surface area (Å²) in [5.41, 5.74) is 2.34. The number of nitrogens with one attached hydrogen (secondary N) is 1. The highest BCUT2D eigenvalue weighted by molar-refractivity contribution is 7.22. The minimum atomic E-state index is -0.426. The quantitative estimate of drug-likeness (QED) is 0.330. The van der Waals surface area contributed by atoms with Gasteiger partial charge in [0, 0.05) is 29.5 Å². The molecule has 1 aliphatic heterocycles. The Morgan fingerprint density at radius 2 is 1.92 bits per heavy atom. The maximum Gasteiger partial charge on any atom is 0.318 e. The molecular weight excluding hydrogens is 497 g/mol. The number of anilines is 1. The third kappa shape index (κ3) is 4.88. The topological polar surface area (TPSA) is 61.4 Å². The molecule has 5 rings (SSSR count). The number of hydrogen-bond acceptors (Lipinski definition) is 5. The van der Waals surface area contributed by atoms with Crippen LogP contribution in [0.2, 0.25) is 5.02 Å². The highest BCUT2D eigenvalue weighted by Crippen LogP contribution is 2.38. The molecule has 1 aliphatic rings. The Morgan fingerprint density at radius 3 is 2.64 bits per heavy atom. The van der Waals surface area contributed by atoms with Gasteiger partial charge in [-0.1, -0.05) is 35.9 Å². The zero-order chi connectivity index (χ0) is 25.4. The van der Waals surface area contributed by atoms with Crippen molar-refractivity contribution in [2.45, 2.75) is 32.4 Å². The molecule has 3 heterocycles. The molecule has 0 saturated carbocycles. The maximum atomic E-state index is 13.4. The second-order valence-electron chi connectivity index (χ2n) is 9.64. The molecule has 2 amide bonds. The number of hydrogen-bond donors (Lipinski definition) is 1. The lowest BCUT2D eigenvalue weighted by molar-refractivity contribution is 0.121. The van der Waals surface area contributed by atoms with Crippen LogP contribution in [0.3, 0.4) is 0 Å². The zero-order valence-corrected chi connectivity index (χ0v) is 21.9. The summed E-state index contributed by atoms with van der Waals surface area (Å²) in [5, 5.41) is 3.77. The molecule has 36 heavy (non-hydrogen) atoms. The minimum absolute atomic E-state index is 0.102. The lowest BCUT2D eigenvalue weighted by Crippen LogP contribution is -2.63. The summed E-state index contributed by atoms with van der Waals surface area (Å²) in [5.74, 6) is 0.602. The predicted octanol–water partition coefficient (Wildman–Crippen LogP) is 6.52. The SMILES string of the molecule is CC(NC(=O)N1CCN(c2ncnc3cc(-c4ccc(F)cc4)sc23)CC1(C)C)c1cccc(Cl)c1. The lowest BCUT2D eigenvalue weighted by Gasteiger charge is -2.47. The van der Waals surface area contributed by atoms with Gasteiger partial charge in [-0.15, -0.1) is 11.3 Å². The van der Waals surface area contributed by atoms with Crippen molar-refractivity contribution in [3.63, 3.8) is 0 Å². The summed E-state index contributed by atoms with van der Waals surface area (Å²) in [6.07, 6.45) is 1.58. The van der Waals surface area contributed by atoms with E-state index >= 15 is 0 Å². The van der Waals surface area contributed by atoms with Crippen molar-refractivity contribution in [2.24, 2.45) is 0 Å². The third-order valence-electron chi connectivity index (χ3n) is 6.56. The normalized spacial score (nSPS) is 16.2. The van der Waals surface area contributed by atoms with Crippen LogP contribution in [-0.4, -0.2) is 46.1 Å². The first-order valence-corrected chi connectivity index (χ1v) is 13.0. The molecule has 2 aromatic carbocycles. The van der Waals surface area contributed by atoms with E-state index in [1.54, 1.807) is 29.8 Å². The van der Waals surface area contributed by atoms with Gasteiger partial charge in [0.1, 0.15) is 18.0 Å². The van der Waals surface area contributed by atoms with Gasteiger partial charge in [0.25, 0.3) is 0 Å². The molecule has 1 saturated heterocycles. The molecule has 1 atom stereocenters. The third-order valence-corrected chi connectivity index (χ3v) is 7.96. The number of carbonyl (C=O) groups excluding carboxylic acids is 1. The number of carbonyl (C=O) groups is 1. The van der Waals surface area contributed by atoms with E-state index in [4.69, 9.17) is 11.6 Å². The van der Waals surface area contributed by atoms with E-state index in [0.29, 0.717) is 24.7 Å². The second kappa shape index (κ2) is 9.67. The van der Waals surface area contributed by atoms with Gasteiger partial charge in [0.05, 0.1) is 21.8 Å². The molecule has 0 spiro atoms. The molecule has 0 aliphatic carbocycles. The Kier molecular flexibility index (Phi) is 6.57. The molecule has 1 N–H and O–H groups in total. The highest BCUT2D eigenvalue weighted by atomic mass is 35.5. The molecule has 0 radical (unpaired) electrons. The number of halogens is 2. The number of rotatable bonds is 4. The standard InChI is InChI=1S/C27H27ClFN5OS/c1-17(19-5-4-6-20(28)13-19)32-26(35)34-12-11-33(15-27(34,2)3)25-24-22(30-16-31-25)14-23(36-24)18-7-9-21(29)10-8-18/h4-10,13-14,16-17H,11-12,15H2,1-3H3,(H,32,35). The Labute approximate surface area is 218 Å². The highest BCUT2D eigenvalue weighted by Gasteiger charge is 2.38. The fourth-order valence-electron chi connectivity index (χ4n) is 4.66. The summed E-state index contributed by atoms with van der Waals surface area (Å²) in [4.78, 5) is 27.4. The van der Waals surface area contributed by atoms with Crippen LogP contribution in [0, 0.1) is 5.82 Å². The number of urea groups is 1. The van der Waals surface area contributed by atoms with E-state index in [2.05, 4.69) is 34.0 Å². The van der Waals surface area contributed by atoms with Crippen LogP contribution < -0.4 is 10.2 Å². The van der Waals surface area contributed by atoms with Gasteiger partial charge < -0.3 is 15.1 Å². The monoisotopic (exact) mass is 523 g/mol. The number of benzene rings is 2. The lowest BCUT2D eigenvalue weighted by atomic mass is 9.99. The smallest absolute Gasteiger partial charge is 0.318 e. The van der Waals surface area contributed by atoms with Gasteiger partial charge in [-0.25, -0.2) is 19.2 Å². The van der Waals surface area contributed by atoms with Crippen molar-refractivity contribution in [1.82, 2.24) is 20.2 Å². The van der Waals surface area contributed by atoms with Crippen LogP contribution in [-0.2, 0) is 0 Å². The van der Waals surface area contributed by atoms with Crippen molar-refractivity contribution < 1.29 is 9.18 Å². The number of fused-ring (bicyclic) bond motifs is 1. The van der Waals surface area contributed by atoms with Crippen molar-refractivity contribution >= 4 is 45.0 Å². The number of aromatic nitrogens is 2. The summed E-state index contributed by atoms with van der Waals surface area (Å²) in [6, 6.07) is 15.8. The van der Waals surface area contributed by atoms with E-state index < -0.39 is 5.54 Å². The summed E-state index contributed by atoms with van der Waals surface area (Å²) >= 11 is 7.72. The first-order valence-electron chi connectivity index (χ1n) is 11.8. The molecular formula is C27H27ClFN5OS. The predicted molar refractivity (Wildman–Crippen MR) is 144 cm³/mol. The molecule has 2 aromatic heterocycles. The Morgan fingerprint density at radius 1 is 1.14 bits per heavy atom. The molecule has 6 nitrogen and oxygen atoms in total. The van der Waals surface area contributed by atoms with Crippen LogP contribution in [0.5, 0.6) is 0 Å². The fraction of sp³-hybridized carbons (Fsp3) is 0.296. The average molecular weight is 524 g/mol. The van der Waals surface area contributed by atoms with E-state index in [9.17, 15) is 9.18 Å². The van der Waals surface area contributed by atoms with E-state index in [-0.39, 0.29) is 17.9 Å². The van der Waals surface area contributed by atoms with Gasteiger partial charge in [0.2, 0.25) is 0 Å². The molecule has 0 bridgehead atoms. The van der Waals surface area contributed by atoms with Crippen molar-refractivity contribution in [2.75, 3.05) is 24.5 Å². The van der Waals surface area contributed by atoms with E-state index in [0.717, 1.165) is 32.0 Å². The zero-order valence-electron chi connectivity index (χ0n) is 20.3. The fourth-order valence-corrected chi connectivity index (χ4v) is 5.99. The van der Waals surface area contributed by atoms with E-state index in [1.807, 2.05) is 42.2 Å². The van der Waals surface area contributed by atoms with Gasteiger partial charge in [-0.3, -0.25) is 0 Å². The summed E-state index contributed by atoms with van der Waals surface area (Å²) in [6.45, 7) is 7.93. The van der Waals surface area contributed by atoms with Crippen LogP contribution in [0.1, 0.15) is 32.4 Å². The first-order chi connectivity index (χ1) is 17.2. The number of nitrogens with zero attached hydrogens (tertiary/aromatic N) is 4. The average Bonchev–Trinajstić information content (AvgIpc) is 3.28. The summed E-state index contributed by atoms with van der Waals surface area (Å²) in [7, 11) is 0.